The number of allylic oxidation sites excluding steroid dienone is 1. The summed E-state index contributed by atoms with van der Waals surface area (Å²) in [4.78, 5) is 7.97. The van der Waals surface area contributed by atoms with E-state index in [2.05, 4.69) is 15.2 Å². The molecule has 74 valence electrons. The van der Waals surface area contributed by atoms with Crippen LogP contribution in [0.25, 0.3) is 0 Å². The van der Waals surface area contributed by atoms with Crippen LogP contribution in [-0.4, -0.2) is 11.6 Å². The molecule has 1 aromatic carbocycles. The van der Waals surface area contributed by atoms with Crippen molar-refractivity contribution in [2.24, 2.45) is 4.99 Å². The molecule has 0 saturated heterocycles. The van der Waals surface area contributed by atoms with E-state index < -0.39 is 0 Å². The first kappa shape index (κ1) is 10.3. The molecule has 1 rings (SSSR count). The van der Waals surface area contributed by atoms with Crippen molar-refractivity contribution in [2.45, 2.75) is 6.92 Å². The van der Waals surface area contributed by atoms with Gasteiger partial charge < -0.3 is 10.2 Å². The molecule has 0 atom stereocenters. The topological polar surface area (TPSA) is 53.9 Å². The zero-order valence-corrected chi connectivity index (χ0v) is 7.84. The highest BCUT2D eigenvalue weighted by atomic mass is 17.1. The molecule has 4 heteroatoms. The first-order chi connectivity index (χ1) is 6.86. The monoisotopic (exact) mass is 192 g/mol. The molecule has 0 bridgehead atoms. The summed E-state index contributed by atoms with van der Waals surface area (Å²) in [5.41, 5.74) is 0.874. The second kappa shape index (κ2) is 5.77. The number of nitrogens with one attached hydrogen (secondary N) is 1. The summed E-state index contributed by atoms with van der Waals surface area (Å²) < 4.78 is 0. The zero-order valence-electron chi connectivity index (χ0n) is 7.84. The van der Waals surface area contributed by atoms with Crippen molar-refractivity contribution < 1.29 is 10.1 Å². The molecule has 0 heterocycles. The van der Waals surface area contributed by atoms with Gasteiger partial charge in [-0.05, 0) is 31.2 Å². The highest BCUT2D eigenvalue weighted by Gasteiger charge is 1.91. The van der Waals surface area contributed by atoms with Gasteiger partial charge in [0.25, 0.3) is 0 Å². The number of aliphatic imine (C=N–C) groups is 1. The van der Waals surface area contributed by atoms with E-state index in [0.29, 0.717) is 5.75 Å². The summed E-state index contributed by atoms with van der Waals surface area (Å²) in [5, 5.41) is 11.3. The summed E-state index contributed by atoms with van der Waals surface area (Å²) >= 11 is 0. The third-order valence-corrected chi connectivity index (χ3v) is 1.50. The van der Waals surface area contributed by atoms with Crippen LogP contribution in [0, 0.1) is 0 Å². The lowest BCUT2D eigenvalue weighted by molar-refractivity contribution is -0.137. The van der Waals surface area contributed by atoms with E-state index in [1.54, 1.807) is 36.8 Å². The van der Waals surface area contributed by atoms with Gasteiger partial charge in [-0.25, -0.2) is 10.2 Å². The number of hydrogen-bond donors (Lipinski definition) is 2. The van der Waals surface area contributed by atoms with E-state index in [9.17, 15) is 0 Å². The zero-order chi connectivity index (χ0) is 10.2. The van der Waals surface area contributed by atoms with Crippen LogP contribution < -0.4 is 10.2 Å². The summed E-state index contributed by atoms with van der Waals surface area (Å²) in [6, 6.07) is 6.83. The Balaban J connectivity index is 2.51. The molecule has 4 nitrogen and oxygen atoms in total. The van der Waals surface area contributed by atoms with Crippen molar-refractivity contribution >= 4 is 12.0 Å². The minimum atomic E-state index is 0.404. The SMILES string of the molecule is C/C=C\N=CNc1ccc(OO)cc1. The molecule has 0 aliphatic rings. The van der Waals surface area contributed by atoms with Crippen molar-refractivity contribution in [3.63, 3.8) is 0 Å². The third kappa shape index (κ3) is 3.28. The Kier molecular flexibility index (Phi) is 4.23. The number of anilines is 1. The molecule has 2 N–H and O–H groups in total. The molecule has 0 radical (unpaired) electrons. The normalized spacial score (nSPS) is 11.0. The van der Waals surface area contributed by atoms with E-state index in [0.717, 1.165) is 5.69 Å². The van der Waals surface area contributed by atoms with Gasteiger partial charge in [-0.15, -0.1) is 0 Å². The fraction of sp³-hybridized carbons (Fsp3) is 0.100. The van der Waals surface area contributed by atoms with Gasteiger partial charge in [-0.1, -0.05) is 6.08 Å². The van der Waals surface area contributed by atoms with Crippen LogP contribution in [0.3, 0.4) is 0 Å². The summed E-state index contributed by atoms with van der Waals surface area (Å²) in [6.45, 7) is 1.89. The highest BCUT2D eigenvalue weighted by Crippen LogP contribution is 2.13. The summed E-state index contributed by atoms with van der Waals surface area (Å²) in [6.07, 6.45) is 5.09. The summed E-state index contributed by atoms with van der Waals surface area (Å²) in [5.74, 6) is 0.404. The van der Waals surface area contributed by atoms with Crippen molar-refractivity contribution in [3.8, 4) is 5.75 Å². The average Bonchev–Trinajstić information content (AvgIpc) is 2.25. The lowest BCUT2D eigenvalue weighted by Gasteiger charge is -2.00. The van der Waals surface area contributed by atoms with Crippen LogP contribution in [0.4, 0.5) is 5.69 Å². The van der Waals surface area contributed by atoms with E-state index in [1.165, 1.54) is 0 Å². The van der Waals surface area contributed by atoms with Crippen molar-refractivity contribution in [3.05, 3.63) is 36.5 Å². The van der Waals surface area contributed by atoms with Gasteiger partial charge in [0.05, 0.1) is 6.34 Å². The molecule has 0 fully saturated rings. The molecule has 0 aliphatic carbocycles. The van der Waals surface area contributed by atoms with E-state index in [1.807, 2.05) is 13.0 Å². The largest absolute Gasteiger partial charge is 0.346 e. The van der Waals surface area contributed by atoms with Crippen LogP contribution in [-0.2, 0) is 0 Å². The molecule has 0 amide bonds. The average molecular weight is 192 g/mol. The molecule has 0 aliphatic heterocycles. The standard InChI is InChI=1S/C10H12N2O2/c1-2-7-11-8-12-9-3-5-10(14-13)6-4-9/h2-8,13H,1H3,(H,11,12)/b7-2-. The van der Waals surface area contributed by atoms with E-state index >= 15 is 0 Å². The third-order valence-electron chi connectivity index (χ3n) is 1.50. The van der Waals surface area contributed by atoms with Crippen molar-refractivity contribution in [1.29, 1.82) is 0 Å². The molecule has 0 aromatic heterocycles. The van der Waals surface area contributed by atoms with Gasteiger partial charge in [-0.2, -0.15) is 0 Å². The summed E-state index contributed by atoms with van der Waals surface area (Å²) in [7, 11) is 0. The Morgan fingerprint density at radius 3 is 2.64 bits per heavy atom. The Morgan fingerprint density at radius 2 is 2.07 bits per heavy atom. The minimum absolute atomic E-state index is 0.404. The van der Waals surface area contributed by atoms with Crippen LogP contribution >= 0.6 is 0 Å². The van der Waals surface area contributed by atoms with Crippen LogP contribution in [0.1, 0.15) is 6.92 Å². The highest BCUT2D eigenvalue weighted by molar-refractivity contribution is 5.75. The van der Waals surface area contributed by atoms with Crippen LogP contribution in [0.2, 0.25) is 0 Å². The van der Waals surface area contributed by atoms with E-state index in [-0.39, 0.29) is 0 Å². The maximum absolute atomic E-state index is 8.32. The quantitative estimate of drug-likeness (QED) is 0.333. The Bertz CT molecular complexity index is 317. The van der Waals surface area contributed by atoms with Crippen molar-refractivity contribution in [2.75, 3.05) is 5.32 Å². The first-order valence-electron chi connectivity index (χ1n) is 4.17. The first-order valence-corrected chi connectivity index (χ1v) is 4.17. The van der Waals surface area contributed by atoms with Crippen molar-refractivity contribution in [1.82, 2.24) is 0 Å². The molecule has 0 spiro atoms. The Morgan fingerprint density at radius 1 is 1.36 bits per heavy atom. The molecule has 14 heavy (non-hydrogen) atoms. The lowest BCUT2D eigenvalue weighted by atomic mass is 10.3. The Hall–Kier alpha value is -1.81. The van der Waals surface area contributed by atoms with E-state index in [4.69, 9.17) is 5.26 Å². The van der Waals surface area contributed by atoms with Gasteiger partial charge in [0.2, 0.25) is 0 Å². The van der Waals surface area contributed by atoms with Gasteiger partial charge in [0.15, 0.2) is 5.75 Å². The molecule has 1 aromatic rings. The van der Waals surface area contributed by atoms with Crippen LogP contribution in [0.15, 0.2) is 41.5 Å². The smallest absolute Gasteiger partial charge is 0.165 e. The second-order valence-corrected chi connectivity index (χ2v) is 2.52. The molecule has 0 unspecified atom stereocenters. The number of hydrogen-bond acceptors (Lipinski definition) is 3. The Labute approximate surface area is 82.5 Å². The maximum Gasteiger partial charge on any atom is 0.165 e. The second-order valence-electron chi connectivity index (χ2n) is 2.52. The van der Waals surface area contributed by atoms with Gasteiger partial charge in [-0.3, -0.25) is 0 Å². The predicted molar refractivity (Wildman–Crippen MR) is 56.6 cm³/mol. The molecule has 0 saturated carbocycles. The molecular weight excluding hydrogens is 180 g/mol. The van der Waals surface area contributed by atoms with Gasteiger partial charge in [0, 0.05) is 11.9 Å². The number of benzene rings is 1. The lowest BCUT2D eigenvalue weighted by Crippen LogP contribution is -1.93. The van der Waals surface area contributed by atoms with Gasteiger partial charge in [0.1, 0.15) is 0 Å². The maximum atomic E-state index is 8.32. The van der Waals surface area contributed by atoms with Crippen LogP contribution in [0.5, 0.6) is 5.75 Å². The number of nitrogens with zero attached hydrogens (tertiary/aromatic N) is 1. The van der Waals surface area contributed by atoms with Gasteiger partial charge >= 0.3 is 0 Å². The minimum Gasteiger partial charge on any atom is -0.346 e. The number of rotatable bonds is 4. The fourth-order valence-electron chi connectivity index (χ4n) is 0.853. The fourth-order valence-corrected chi connectivity index (χ4v) is 0.853. The molecular formula is C10H12N2O2. The predicted octanol–water partition coefficient (Wildman–Crippen LogP) is 2.51.